The molecule has 0 amide bonds. The zero-order chi connectivity index (χ0) is 21.2. The summed E-state index contributed by atoms with van der Waals surface area (Å²) in [5.41, 5.74) is 1.21. The van der Waals surface area contributed by atoms with E-state index in [4.69, 9.17) is 17.4 Å². The quantitative estimate of drug-likeness (QED) is 0.193. The van der Waals surface area contributed by atoms with Gasteiger partial charge in [-0.3, -0.25) is 0 Å². The Morgan fingerprint density at radius 2 is 2.07 bits per heavy atom. The predicted molar refractivity (Wildman–Crippen MR) is 125 cm³/mol. The molecule has 2 aromatic carbocycles. The Morgan fingerprint density at radius 1 is 1.34 bits per heavy atom. The van der Waals surface area contributed by atoms with Gasteiger partial charge in [0.15, 0.2) is 5.69 Å². The maximum atomic E-state index is 11.7. The van der Waals surface area contributed by atoms with E-state index in [9.17, 15) is 13.5 Å². The van der Waals surface area contributed by atoms with E-state index in [-0.39, 0.29) is 27.3 Å². The normalized spacial score (nSPS) is 11.8. The van der Waals surface area contributed by atoms with Crippen molar-refractivity contribution in [2.45, 2.75) is 11.4 Å². The molecule has 1 heterocycles. The molecular weight excluding hydrogens is 525 g/mol. The third-order valence-electron chi connectivity index (χ3n) is 3.96. The van der Waals surface area contributed by atoms with Gasteiger partial charge in [0, 0.05) is 15.5 Å². The molecule has 0 spiro atoms. The maximum Gasteiger partial charge on any atom is 0.240 e. The van der Waals surface area contributed by atoms with Crippen molar-refractivity contribution in [1.82, 2.24) is 4.57 Å². The number of benzene rings is 2. The van der Waals surface area contributed by atoms with Crippen LogP contribution in [0.4, 0.5) is 11.4 Å². The second-order valence-electron chi connectivity index (χ2n) is 5.90. The van der Waals surface area contributed by atoms with Crippen LogP contribution in [0.2, 0.25) is 0 Å². The number of thiocarbonyl (C=S) groups is 1. The fourth-order valence-electron chi connectivity index (χ4n) is 2.76. The van der Waals surface area contributed by atoms with Gasteiger partial charge in [0.05, 0.1) is 11.2 Å². The molecule has 0 bridgehead atoms. The van der Waals surface area contributed by atoms with Crippen molar-refractivity contribution in [3.63, 3.8) is 0 Å². The highest BCUT2D eigenvalue weighted by atomic mass is 127. The molecule has 0 fully saturated rings. The monoisotopic (exact) mass is 541 g/mol. The molecule has 0 saturated carbocycles. The molecule has 150 valence electrons. The van der Waals surface area contributed by atoms with Crippen LogP contribution < -0.4 is 10.5 Å². The molecular formula is C18H16IN5O3S2. The molecule has 0 aliphatic carbocycles. The highest BCUT2D eigenvalue weighted by molar-refractivity contribution is 14.1. The molecule has 3 aromatic rings. The van der Waals surface area contributed by atoms with Gasteiger partial charge in [-0.2, -0.15) is 0 Å². The smallest absolute Gasteiger partial charge is 0.240 e. The number of allylic oxidation sites excluding steroid dienone is 1. The fraction of sp³-hybridized carbons (Fsp3) is 0.0556. The van der Waals surface area contributed by atoms with E-state index < -0.39 is 10.0 Å². The van der Waals surface area contributed by atoms with Crippen LogP contribution in [0.3, 0.4) is 0 Å². The second kappa shape index (κ2) is 8.57. The van der Waals surface area contributed by atoms with Gasteiger partial charge >= 0.3 is 0 Å². The zero-order valence-electron chi connectivity index (χ0n) is 14.9. The van der Waals surface area contributed by atoms with Gasteiger partial charge in [0.25, 0.3) is 0 Å². The van der Waals surface area contributed by atoms with E-state index in [2.05, 4.69) is 44.7 Å². The molecule has 8 nitrogen and oxygen atoms in total. The number of aromatic nitrogens is 1. The van der Waals surface area contributed by atoms with Gasteiger partial charge in [-0.15, -0.1) is 16.8 Å². The number of nitrogens with one attached hydrogen (secondary N) is 1. The number of hydrogen-bond acceptors (Lipinski definition) is 5. The third kappa shape index (κ3) is 4.63. The molecule has 0 radical (unpaired) electrons. The van der Waals surface area contributed by atoms with Crippen molar-refractivity contribution in [1.29, 1.82) is 0 Å². The Labute approximate surface area is 186 Å². The summed E-state index contributed by atoms with van der Waals surface area (Å²) in [4.78, 5) is -0.113. The summed E-state index contributed by atoms with van der Waals surface area (Å²) < 4.78 is 26.0. The average molecular weight is 541 g/mol. The first-order valence-electron chi connectivity index (χ1n) is 8.18. The summed E-state index contributed by atoms with van der Waals surface area (Å²) in [6.07, 6.45) is 1.66. The molecule has 3 rings (SSSR count). The average Bonchev–Trinajstić information content (AvgIpc) is 2.91. The van der Waals surface area contributed by atoms with Gasteiger partial charge in [0.1, 0.15) is 4.90 Å². The Hall–Kier alpha value is -2.35. The largest absolute Gasteiger partial charge is 0.493 e. The molecule has 0 unspecified atom stereocenters. The number of sulfonamides is 1. The lowest BCUT2D eigenvalue weighted by molar-refractivity contribution is 0.431. The zero-order valence-corrected chi connectivity index (χ0v) is 18.7. The van der Waals surface area contributed by atoms with Crippen molar-refractivity contribution < 1.29 is 13.5 Å². The van der Waals surface area contributed by atoms with Crippen LogP contribution in [-0.4, -0.2) is 23.2 Å². The van der Waals surface area contributed by atoms with Gasteiger partial charge < -0.3 is 15.0 Å². The number of halogens is 1. The minimum absolute atomic E-state index is 0.0709. The van der Waals surface area contributed by atoms with E-state index in [0.29, 0.717) is 11.9 Å². The summed E-state index contributed by atoms with van der Waals surface area (Å²) >= 11 is 7.32. The summed E-state index contributed by atoms with van der Waals surface area (Å²) in [6, 6.07) is 11.7. The Bertz CT molecular complexity index is 1250. The van der Waals surface area contributed by atoms with Crippen molar-refractivity contribution in [2.75, 3.05) is 5.32 Å². The van der Waals surface area contributed by atoms with Crippen LogP contribution >= 0.6 is 34.8 Å². The third-order valence-corrected chi connectivity index (χ3v) is 5.78. The highest BCUT2D eigenvalue weighted by Crippen LogP contribution is 2.39. The summed E-state index contributed by atoms with van der Waals surface area (Å²) in [5.74, 6) is -0.0709. The van der Waals surface area contributed by atoms with Crippen LogP contribution in [0.25, 0.3) is 10.9 Å². The van der Waals surface area contributed by atoms with Gasteiger partial charge in [-0.1, -0.05) is 18.2 Å². The Balaban J connectivity index is 1.96. The molecule has 0 saturated heterocycles. The second-order valence-corrected chi connectivity index (χ2v) is 9.07. The molecule has 29 heavy (non-hydrogen) atoms. The van der Waals surface area contributed by atoms with E-state index in [0.717, 1.165) is 9.09 Å². The number of aromatic hydroxyl groups is 1. The topological polar surface area (TPSA) is 122 Å². The lowest BCUT2D eigenvalue weighted by Gasteiger charge is -2.08. The summed E-state index contributed by atoms with van der Waals surface area (Å²) in [6.45, 7) is 4.09. The van der Waals surface area contributed by atoms with Crippen molar-refractivity contribution in [3.05, 3.63) is 58.7 Å². The number of anilines is 1. The van der Waals surface area contributed by atoms with Crippen molar-refractivity contribution in [2.24, 2.45) is 15.4 Å². The van der Waals surface area contributed by atoms with Gasteiger partial charge in [-0.05, 0) is 65.1 Å². The number of primary sulfonamides is 1. The van der Waals surface area contributed by atoms with Crippen LogP contribution in [0.1, 0.15) is 0 Å². The Morgan fingerprint density at radius 3 is 2.76 bits per heavy atom. The van der Waals surface area contributed by atoms with E-state index in [1.807, 2.05) is 18.2 Å². The molecule has 0 atom stereocenters. The lowest BCUT2D eigenvalue weighted by atomic mass is 10.2. The maximum absolute atomic E-state index is 11.7. The number of azo groups is 1. The van der Waals surface area contributed by atoms with E-state index >= 15 is 0 Å². The molecule has 11 heteroatoms. The first-order chi connectivity index (χ1) is 13.7. The molecule has 4 N–H and O–H groups in total. The Kier molecular flexibility index (Phi) is 6.31. The minimum atomic E-state index is -3.94. The van der Waals surface area contributed by atoms with Crippen molar-refractivity contribution in [3.8, 4) is 5.88 Å². The molecule has 0 aliphatic heterocycles. The summed E-state index contributed by atoms with van der Waals surface area (Å²) in [5, 5.41) is 27.2. The first kappa shape index (κ1) is 21.4. The number of fused-ring (bicyclic) bond motifs is 1. The number of nitrogens with two attached hydrogens (primary N) is 1. The van der Waals surface area contributed by atoms with Crippen LogP contribution in [0, 0.1) is 3.57 Å². The fourth-order valence-corrected chi connectivity index (χ4v) is 4.10. The summed E-state index contributed by atoms with van der Waals surface area (Å²) in [7, 11) is -3.94. The number of hydrogen-bond donors (Lipinski definition) is 3. The van der Waals surface area contributed by atoms with Crippen LogP contribution in [0.5, 0.6) is 5.88 Å². The minimum Gasteiger partial charge on any atom is -0.493 e. The molecule has 0 aliphatic rings. The van der Waals surface area contributed by atoms with E-state index in [1.54, 1.807) is 22.8 Å². The predicted octanol–water partition coefficient (Wildman–Crippen LogP) is 4.27. The number of para-hydroxylation sites is 1. The van der Waals surface area contributed by atoms with Gasteiger partial charge in [-0.25, -0.2) is 13.6 Å². The number of nitrogens with zero attached hydrogens (tertiary/aromatic N) is 3. The SMILES string of the molecule is C=CCn1c(O)c(N=NC(=S)Nc2ccccc2S(N)(=O)=O)c2cc(I)ccc21. The van der Waals surface area contributed by atoms with Crippen LogP contribution in [-0.2, 0) is 16.6 Å². The van der Waals surface area contributed by atoms with E-state index in [1.165, 1.54) is 12.1 Å². The standard InChI is InChI=1S/C18H16IN5O3S2/c1-2-9-24-14-8-7-11(19)10-12(14)16(17(24)25)22-23-18(28)21-13-5-3-4-6-15(13)29(20,26)27/h2-8,10,25H,1,9H2,(H,21,28)(H2,20,26,27). The van der Waals surface area contributed by atoms with Gasteiger partial charge in [0.2, 0.25) is 21.0 Å². The van der Waals surface area contributed by atoms with Crippen molar-refractivity contribution >= 4 is 72.2 Å². The van der Waals surface area contributed by atoms with Crippen LogP contribution in [0.15, 0.2) is 70.2 Å². The first-order valence-corrected chi connectivity index (χ1v) is 11.2. The highest BCUT2D eigenvalue weighted by Gasteiger charge is 2.17. The number of rotatable bonds is 5. The molecule has 1 aromatic heterocycles. The lowest BCUT2D eigenvalue weighted by Crippen LogP contribution is -2.16.